The van der Waals surface area contributed by atoms with Crippen LogP contribution in [0.3, 0.4) is 0 Å². The fraction of sp³-hybridized carbons (Fsp3) is 0.294. The number of hydrogen-bond acceptors (Lipinski definition) is 2. The molecule has 20 heavy (non-hydrogen) atoms. The number of anilines is 1. The quantitative estimate of drug-likeness (QED) is 0.876. The number of benzene rings is 2. The zero-order valence-electron chi connectivity index (χ0n) is 12.1. The van der Waals surface area contributed by atoms with Gasteiger partial charge in [-0.25, -0.2) is 0 Å². The molecule has 0 fully saturated rings. The Morgan fingerprint density at radius 2 is 1.75 bits per heavy atom. The number of aromatic hydroxyl groups is 1. The topological polar surface area (TPSA) is 23.5 Å². The van der Waals surface area contributed by atoms with Crippen molar-refractivity contribution in [2.45, 2.75) is 33.4 Å². The summed E-state index contributed by atoms with van der Waals surface area (Å²) in [7, 11) is 0. The van der Waals surface area contributed by atoms with Crippen molar-refractivity contribution in [2.75, 3.05) is 4.90 Å². The molecule has 0 bridgehead atoms. The second-order valence-corrected chi connectivity index (χ2v) is 5.74. The number of hydrogen-bond donors (Lipinski definition) is 1. The molecule has 0 aliphatic rings. The van der Waals surface area contributed by atoms with Crippen LogP contribution in [-0.4, -0.2) is 11.1 Å². The van der Waals surface area contributed by atoms with Gasteiger partial charge in [0.25, 0.3) is 0 Å². The minimum atomic E-state index is 0.247. The molecule has 0 amide bonds. The molecule has 2 aromatic rings. The van der Waals surface area contributed by atoms with Crippen molar-refractivity contribution in [3.63, 3.8) is 0 Å². The lowest BCUT2D eigenvalue weighted by atomic mass is 10.1. The predicted octanol–water partition coefficient (Wildman–Crippen LogP) is 4.77. The highest BCUT2D eigenvalue weighted by Gasteiger charge is 2.13. The van der Waals surface area contributed by atoms with E-state index in [9.17, 15) is 5.11 Å². The van der Waals surface area contributed by atoms with Gasteiger partial charge in [0, 0.05) is 23.3 Å². The van der Waals surface area contributed by atoms with Gasteiger partial charge in [0.2, 0.25) is 0 Å². The number of phenols is 1. The third kappa shape index (κ3) is 3.45. The molecular weight excluding hydrogens is 270 g/mol. The summed E-state index contributed by atoms with van der Waals surface area (Å²) >= 11 is 6.22. The summed E-state index contributed by atoms with van der Waals surface area (Å²) < 4.78 is 0. The molecule has 0 aliphatic carbocycles. The lowest BCUT2D eigenvalue weighted by Gasteiger charge is -2.29. The van der Waals surface area contributed by atoms with E-state index in [1.807, 2.05) is 0 Å². The summed E-state index contributed by atoms with van der Waals surface area (Å²) in [5, 5.41) is 10.3. The van der Waals surface area contributed by atoms with E-state index in [1.165, 1.54) is 5.56 Å². The lowest BCUT2D eigenvalue weighted by molar-refractivity contribution is 0.474. The van der Waals surface area contributed by atoms with Crippen molar-refractivity contribution in [1.29, 1.82) is 0 Å². The van der Waals surface area contributed by atoms with Crippen LogP contribution in [0.1, 0.15) is 25.0 Å². The highest BCUT2D eigenvalue weighted by atomic mass is 35.5. The van der Waals surface area contributed by atoms with E-state index in [1.54, 1.807) is 18.2 Å². The Morgan fingerprint density at radius 1 is 1.10 bits per heavy atom. The zero-order chi connectivity index (χ0) is 14.7. The number of halogens is 1. The van der Waals surface area contributed by atoms with E-state index in [-0.39, 0.29) is 5.75 Å². The minimum Gasteiger partial charge on any atom is -0.508 e. The second-order valence-electron chi connectivity index (χ2n) is 5.33. The highest BCUT2D eigenvalue weighted by molar-refractivity contribution is 6.31. The third-order valence-electron chi connectivity index (χ3n) is 3.36. The lowest BCUT2D eigenvalue weighted by Crippen LogP contribution is -2.30. The molecule has 0 atom stereocenters. The minimum absolute atomic E-state index is 0.247. The fourth-order valence-electron chi connectivity index (χ4n) is 2.17. The van der Waals surface area contributed by atoms with E-state index >= 15 is 0 Å². The maximum absolute atomic E-state index is 9.62. The average molecular weight is 290 g/mol. The molecule has 106 valence electrons. The second kappa shape index (κ2) is 6.19. The first kappa shape index (κ1) is 14.7. The Labute approximate surface area is 125 Å². The average Bonchev–Trinajstić information content (AvgIpc) is 2.40. The van der Waals surface area contributed by atoms with Gasteiger partial charge in [0.15, 0.2) is 0 Å². The van der Waals surface area contributed by atoms with Crippen LogP contribution in [0.25, 0.3) is 0 Å². The number of phenolic OH excluding ortho intramolecular Hbond substituents is 1. The fourth-order valence-corrected chi connectivity index (χ4v) is 2.35. The van der Waals surface area contributed by atoms with Gasteiger partial charge in [-0.15, -0.1) is 0 Å². The van der Waals surface area contributed by atoms with Gasteiger partial charge in [-0.05, 0) is 56.7 Å². The monoisotopic (exact) mass is 289 g/mol. The van der Waals surface area contributed by atoms with Crippen LogP contribution in [0, 0.1) is 6.92 Å². The summed E-state index contributed by atoms with van der Waals surface area (Å²) in [6.45, 7) is 7.05. The normalized spacial score (nSPS) is 10.8. The highest BCUT2D eigenvalue weighted by Crippen LogP contribution is 2.26. The molecule has 0 saturated carbocycles. The van der Waals surface area contributed by atoms with E-state index in [4.69, 9.17) is 11.6 Å². The Kier molecular flexibility index (Phi) is 4.56. The molecule has 2 nitrogen and oxygen atoms in total. The van der Waals surface area contributed by atoms with Crippen molar-refractivity contribution in [3.05, 3.63) is 58.6 Å². The predicted molar refractivity (Wildman–Crippen MR) is 85.6 cm³/mol. The van der Waals surface area contributed by atoms with E-state index in [2.05, 4.69) is 49.9 Å². The first-order chi connectivity index (χ1) is 9.47. The maximum Gasteiger partial charge on any atom is 0.116 e. The van der Waals surface area contributed by atoms with Crippen molar-refractivity contribution in [1.82, 2.24) is 0 Å². The summed E-state index contributed by atoms with van der Waals surface area (Å²) in [6.07, 6.45) is 0. The smallest absolute Gasteiger partial charge is 0.116 e. The number of rotatable bonds is 4. The molecule has 0 aliphatic heterocycles. The molecule has 0 saturated heterocycles. The van der Waals surface area contributed by atoms with Crippen LogP contribution in [0.2, 0.25) is 5.02 Å². The Hall–Kier alpha value is -1.67. The Balaban J connectivity index is 2.30. The molecule has 3 heteroatoms. The van der Waals surface area contributed by atoms with Crippen LogP contribution in [0.15, 0.2) is 42.5 Å². The van der Waals surface area contributed by atoms with Gasteiger partial charge in [0.1, 0.15) is 5.75 Å². The van der Waals surface area contributed by atoms with E-state index in [0.29, 0.717) is 17.6 Å². The van der Waals surface area contributed by atoms with Crippen molar-refractivity contribution >= 4 is 17.3 Å². The number of nitrogens with zero attached hydrogens (tertiary/aromatic N) is 1. The first-order valence-electron chi connectivity index (χ1n) is 6.78. The first-order valence-corrected chi connectivity index (χ1v) is 7.16. The molecule has 0 radical (unpaired) electrons. The van der Waals surface area contributed by atoms with Crippen LogP contribution < -0.4 is 4.90 Å². The van der Waals surface area contributed by atoms with Gasteiger partial charge in [0.05, 0.1) is 0 Å². The SMILES string of the molecule is Cc1ccc(N(Cc2cc(O)ccc2Cl)C(C)C)cc1. The summed E-state index contributed by atoms with van der Waals surface area (Å²) in [5.74, 6) is 0.247. The van der Waals surface area contributed by atoms with Crippen LogP contribution >= 0.6 is 11.6 Å². The van der Waals surface area contributed by atoms with Gasteiger partial charge >= 0.3 is 0 Å². The van der Waals surface area contributed by atoms with Gasteiger partial charge in [-0.2, -0.15) is 0 Å². The standard InChI is InChI=1S/C17H20ClNO/c1-12(2)19(15-6-4-13(3)5-7-15)11-14-10-16(20)8-9-17(14)18/h4-10,12,20H,11H2,1-3H3. The molecule has 1 N–H and O–H groups in total. The Bertz CT molecular complexity index is 578. The summed E-state index contributed by atoms with van der Waals surface area (Å²) in [4.78, 5) is 2.26. The van der Waals surface area contributed by atoms with Crippen molar-refractivity contribution in [2.24, 2.45) is 0 Å². The molecule has 2 aromatic carbocycles. The molecular formula is C17H20ClNO. The third-order valence-corrected chi connectivity index (χ3v) is 3.73. The zero-order valence-corrected chi connectivity index (χ0v) is 12.9. The van der Waals surface area contributed by atoms with E-state index < -0.39 is 0 Å². The molecule has 0 aromatic heterocycles. The maximum atomic E-state index is 9.62. The van der Waals surface area contributed by atoms with Gasteiger partial charge in [-0.1, -0.05) is 29.3 Å². The Morgan fingerprint density at radius 3 is 2.35 bits per heavy atom. The number of aryl methyl sites for hydroxylation is 1. The molecule has 0 spiro atoms. The van der Waals surface area contributed by atoms with Crippen LogP contribution in [-0.2, 0) is 6.54 Å². The summed E-state index contributed by atoms with van der Waals surface area (Å²) in [6, 6.07) is 13.9. The van der Waals surface area contributed by atoms with Crippen molar-refractivity contribution in [3.8, 4) is 5.75 Å². The van der Waals surface area contributed by atoms with Crippen LogP contribution in [0.4, 0.5) is 5.69 Å². The molecule has 0 unspecified atom stereocenters. The van der Waals surface area contributed by atoms with E-state index in [0.717, 1.165) is 11.3 Å². The van der Waals surface area contributed by atoms with Crippen molar-refractivity contribution < 1.29 is 5.11 Å². The van der Waals surface area contributed by atoms with Gasteiger partial charge < -0.3 is 10.0 Å². The largest absolute Gasteiger partial charge is 0.508 e. The summed E-state index contributed by atoms with van der Waals surface area (Å²) in [5.41, 5.74) is 3.33. The molecule has 0 heterocycles. The van der Waals surface area contributed by atoms with Gasteiger partial charge in [-0.3, -0.25) is 0 Å². The van der Waals surface area contributed by atoms with Crippen LogP contribution in [0.5, 0.6) is 5.75 Å². The molecule has 2 rings (SSSR count).